The molecule has 0 spiro atoms. The molecule has 2 N–H and O–H groups in total. The molecule has 2 aromatic heterocycles. The van der Waals surface area contributed by atoms with E-state index in [1.165, 1.54) is 4.90 Å². The standard InChI is InChI=1S/C19H16N4O/c1-22-9-8-14-11-15(6-7-18(14)22)23(19(20)24)16-10-13-4-2-3-5-17(13)21-12-16/h2-12H,1H3,(H2,20,24). The topological polar surface area (TPSA) is 64.2 Å². The summed E-state index contributed by atoms with van der Waals surface area (Å²) in [5, 5.41) is 2.01. The van der Waals surface area contributed by atoms with Crippen LogP contribution in [0.4, 0.5) is 16.2 Å². The molecule has 0 radical (unpaired) electrons. The van der Waals surface area contributed by atoms with E-state index in [2.05, 4.69) is 4.98 Å². The molecule has 2 amide bonds. The van der Waals surface area contributed by atoms with Crippen LogP contribution in [0.25, 0.3) is 21.8 Å². The number of nitrogens with two attached hydrogens (primary N) is 1. The van der Waals surface area contributed by atoms with Crippen molar-refractivity contribution in [3.05, 3.63) is 67.0 Å². The quantitative estimate of drug-likeness (QED) is 0.608. The number of anilines is 2. The first-order chi connectivity index (χ1) is 11.6. The SMILES string of the molecule is Cn1ccc2cc(N(C(N)=O)c3cnc4ccccc4c3)ccc21. The van der Waals surface area contributed by atoms with Crippen LogP contribution in [-0.4, -0.2) is 15.6 Å². The van der Waals surface area contributed by atoms with Gasteiger partial charge in [-0.25, -0.2) is 4.79 Å². The number of hydrogen-bond acceptors (Lipinski definition) is 2. The van der Waals surface area contributed by atoms with E-state index in [4.69, 9.17) is 5.73 Å². The minimum Gasteiger partial charge on any atom is -0.351 e. The third-order valence-corrected chi connectivity index (χ3v) is 4.18. The first-order valence-electron chi connectivity index (χ1n) is 7.63. The fraction of sp³-hybridized carbons (Fsp3) is 0.0526. The van der Waals surface area contributed by atoms with Crippen molar-refractivity contribution in [1.82, 2.24) is 9.55 Å². The van der Waals surface area contributed by atoms with Crippen LogP contribution in [-0.2, 0) is 7.05 Å². The fourth-order valence-corrected chi connectivity index (χ4v) is 2.99. The lowest BCUT2D eigenvalue weighted by Crippen LogP contribution is -2.31. The Morgan fingerprint density at radius 3 is 2.67 bits per heavy atom. The van der Waals surface area contributed by atoms with E-state index >= 15 is 0 Å². The lowest BCUT2D eigenvalue weighted by atomic mass is 10.1. The molecule has 118 valence electrons. The molecule has 0 unspecified atom stereocenters. The van der Waals surface area contributed by atoms with Crippen molar-refractivity contribution in [2.45, 2.75) is 0 Å². The lowest BCUT2D eigenvalue weighted by Gasteiger charge is -2.21. The molecule has 0 saturated heterocycles. The highest BCUT2D eigenvalue weighted by molar-refractivity contribution is 6.01. The number of amides is 2. The number of urea groups is 1. The average molecular weight is 316 g/mol. The number of para-hydroxylation sites is 1. The van der Waals surface area contributed by atoms with E-state index in [0.29, 0.717) is 5.69 Å². The summed E-state index contributed by atoms with van der Waals surface area (Å²) in [5.74, 6) is 0. The number of carbonyl (C=O) groups is 1. The predicted octanol–water partition coefficient (Wildman–Crippen LogP) is 3.94. The number of carbonyl (C=O) groups excluding carboxylic acids is 1. The zero-order chi connectivity index (χ0) is 16.7. The van der Waals surface area contributed by atoms with Crippen molar-refractivity contribution in [3.8, 4) is 0 Å². The summed E-state index contributed by atoms with van der Waals surface area (Å²) in [5.41, 5.74) is 8.99. The maximum Gasteiger partial charge on any atom is 0.323 e. The summed E-state index contributed by atoms with van der Waals surface area (Å²) in [4.78, 5) is 18.0. The molecule has 0 aliphatic heterocycles. The maximum atomic E-state index is 12.1. The van der Waals surface area contributed by atoms with Crippen molar-refractivity contribution in [3.63, 3.8) is 0 Å². The maximum absolute atomic E-state index is 12.1. The first-order valence-corrected chi connectivity index (χ1v) is 7.63. The number of aryl methyl sites for hydroxylation is 1. The van der Waals surface area contributed by atoms with Gasteiger partial charge in [-0.05, 0) is 36.4 Å². The number of fused-ring (bicyclic) bond motifs is 2. The van der Waals surface area contributed by atoms with E-state index in [-0.39, 0.29) is 0 Å². The van der Waals surface area contributed by atoms with E-state index in [0.717, 1.165) is 27.5 Å². The highest BCUT2D eigenvalue weighted by atomic mass is 16.2. The van der Waals surface area contributed by atoms with Crippen LogP contribution in [0.1, 0.15) is 0 Å². The Kier molecular flexibility index (Phi) is 3.20. The lowest BCUT2D eigenvalue weighted by molar-refractivity contribution is 0.256. The summed E-state index contributed by atoms with van der Waals surface area (Å²) in [6, 6.07) is 17.0. The van der Waals surface area contributed by atoms with Gasteiger partial charge in [0.15, 0.2) is 0 Å². The summed E-state index contributed by atoms with van der Waals surface area (Å²) < 4.78 is 2.03. The van der Waals surface area contributed by atoms with Gasteiger partial charge in [0.25, 0.3) is 0 Å². The second kappa shape index (κ2) is 5.38. The molecule has 5 nitrogen and oxygen atoms in total. The largest absolute Gasteiger partial charge is 0.351 e. The normalized spacial score (nSPS) is 11.0. The minimum atomic E-state index is -0.539. The molecule has 4 aromatic rings. The molecule has 0 bridgehead atoms. The summed E-state index contributed by atoms with van der Waals surface area (Å²) in [7, 11) is 1.99. The van der Waals surface area contributed by atoms with Crippen LogP contribution in [0.3, 0.4) is 0 Å². The summed E-state index contributed by atoms with van der Waals surface area (Å²) in [6.07, 6.45) is 3.66. The van der Waals surface area contributed by atoms with Crippen molar-refractivity contribution in [2.24, 2.45) is 12.8 Å². The molecule has 0 saturated carbocycles. The third-order valence-electron chi connectivity index (χ3n) is 4.18. The zero-order valence-corrected chi connectivity index (χ0v) is 13.2. The molecule has 0 atom stereocenters. The molecule has 2 aromatic carbocycles. The van der Waals surface area contributed by atoms with Gasteiger partial charge >= 0.3 is 6.03 Å². The van der Waals surface area contributed by atoms with Crippen molar-refractivity contribution < 1.29 is 4.79 Å². The van der Waals surface area contributed by atoms with Gasteiger partial charge in [-0.1, -0.05) is 18.2 Å². The summed E-state index contributed by atoms with van der Waals surface area (Å²) in [6.45, 7) is 0. The molecule has 2 heterocycles. The summed E-state index contributed by atoms with van der Waals surface area (Å²) >= 11 is 0. The van der Waals surface area contributed by atoms with Crippen LogP contribution < -0.4 is 10.6 Å². The van der Waals surface area contributed by atoms with E-state index in [9.17, 15) is 4.79 Å². The monoisotopic (exact) mass is 316 g/mol. The highest BCUT2D eigenvalue weighted by Crippen LogP contribution is 2.30. The van der Waals surface area contributed by atoms with Crippen LogP contribution in [0.2, 0.25) is 0 Å². The van der Waals surface area contributed by atoms with Gasteiger partial charge in [-0.3, -0.25) is 9.88 Å². The van der Waals surface area contributed by atoms with Crippen LogP contribution in [0.5, 0.6) is 0 Å². The molecule has 0 fully saturated rings. The van der Waals surface area contributed by atoms with Gasteiger partial charge in [0.1, 0.15) is 0 Å². The van der Waals surface area contributed by atoms with Gasteiger partial charge in [0.2, 0.25) is 0 Å². The Balaban J connectivity index is 1.86. The molecule has 0 aliphatic rings. The first kappa shape index (κ1) is 14.3. The Labute approximate surface area is 138 Å². The molecule has 0 aliphatic carbocycles. The van der Waals surface area contributed by atoms with Gasteiger partial charge in [-0.15, -0.1) is 0 Å². The molecular weight excluding hydrogens is 300 g/mol. The number of benzene rings is 2. The van der Waals surface area contributed by atoms with Crippen molar-refractivity contribution in [2.75, 3.05) is 4.90 Å². The van der Waals surface area contributed by atoms with Gasteiger partial charge in [0.05, 0.1) is 23.1 Å². The molecular formula is C19H16N4O. The Bertz CT molecular complexity index is 1070. The number of aromatic nitrogens is 2. The Hall–Kier alpha value is -3.34. The van der Waals surface area contributed by atoms with E-state index in [1.807, 2.05) is 72.4 Å². The van der Waals surface area contributed by atoms with Gasteiger partial charge in [-0.2, -0.15) is 0 Å². The zero-order valence-electron chi connectivity index (χ0n) is 13.2. The van der Waals surface area contributed by atoms with E-state index in [1.54, 1.807) is 6.20 Å². The van der Waals surface area contributed by atoms with Crippen LogP contribution >= 0.6 is 0 Å². The third kappa shape index (κ3) is 2.27. The number of rotatable bonds is 2. The number of hydrogen-bond donors (Lipinski definition) is 1. The predicted molar refractivity (Wildman–Crippen MR) is 96.4 cm³/mol. The van der Waals surface area contributed by atoms with Gasteiger partial charge < -0.3 is 10.3 Å². The highest BCUT2D eigenvalue weighted by Gasteiger charge is 2.16. The van der Waals surface area contributed by atoms with Gasteiger partial charge in [0, 0.05) is 29.5 Å². The Morgan fingerprint density at radius 2 is 1.83 bits per heavy atom. The number of pyridine rings is 1. The molecule has 24 heavy (non-hydrogen) atoms. The van der Waals surface area contributed by atoms with Crippen LogP contribution in [0.15, 0.2) is 67.0 Å². The van der Waals surface area contributed by atoms with Crippen LogP contribution in [0, 0.1) is 0 Å². The Morgan fingerprint density at radius 1 is 1.04 bits per heavy atom. The molecule has 5 heteroatoms. The smallest absolute Gasteiger partial charge is 0.323 e. The van der Waals surface area contributed by atoms with Crippen molar-refractivity contribution in [1.29, 1.82) is 0 Å². The van der Waals surface area contributed by atoms with E-state index < -0.39 is 6.03 Å². The second-order valence-corrected chi connectivity index (χ2v) is 5.73. The minimum absolute atomic E-state index is 0.539. The molecule has 4 rings (SSSR count). The number of primary amides is 1. The second-order valence-electron chi connectivity index (χ2n) is 5.73. The number of nitrogens with zero attached hydrogens (tertiary/aromatic N) is 3. The average Bonchev–Trinajstić information content (AvgIpc) is 2.95. The fourth-order valence-electron chi connectivity index (χ4n) is 2.99. The van der Waals surface area contributed by atoms with Crippen molar-refractivity contribution >= 4 is 39.2 Å².